The number of ether oxygens (including phenoxy) is 2. The van der Waals surface area contributed by atoms with Gasteiger partial charge in [0.2, 0.25) is 0 Å². The quantitative estimate of drug-likeness (QED) is 0.643. The highest BCUT2D eigenvalue weighted by molar-refractivity contribution is 5.99. The Bertz CT molecular complexity index is 416. The lowest BCUT2D eigenvalue weighted by Gasteiger charge is -2.04. The largest absolute Gasteiger partial charge is 0.497 e. The first-order chi connectivity index (χ1) is 8.17. The smallest absolute Gasteiger partial charge is 0.427 e. The minimum atomic E-state index is -0.560. The van der Waals surface area contributed by atoms with Crippen LogP contribution in [-0.2, 0) is 4.74 Å². The Labute approximate surface area is 100 Å². The Hall–Kier alpha value is -2.04. The second-order valence-electron chi connectivity index (χ2n) is 3.26. The molecule has 0 fully saturated rings. The van der Waals surface area contributed by atoms with Crippen LogP contribution >= 0.6 is 0 Å². The van der Waals surface area contributed by atoms with E-state index >= 15 is 0 Å². The van der Waals surface area contributed by atoms with Crippen molar-refractivity contribution in [2.75, 3.05) is 13.7 Å². The topological polar surface area (TPSA) is 59.9 Å². The number of benzene rings is 1. The van der Waals surface area contributed by atoms with Crippen molar-refractivity contribution >= 4 is 11.8 Å². The Morgan fingerprint density at radius 3 is 2.88 bits per heavy atom. The maximum atomic E-state index is 11.0. The number of hydrazone groups is 1. The summed E-state index contributed by atoms with van der Waals surface area (Å²) in [6.45, 7) is 3.85. The van der Waals surface area contributed by atoms with E-state index in [1.165, 1.54) is 0 Å². The molecule has 17 heavy (non-hydrogen) atoms. The molecule has 1 aromatic carbocycles. The van der Waals surface area contributed by atoms with E-state index in [9.17, 15) is 4.79 Å². The summed E-state index contributed by atoms with van der Waals surface area (Å²) in [5.41, 5.74) is 3.86. The molecule has 0 aliphatic carbocycles. The third kappa shape index (κ3) is 4.14. The highest BCUT2D eigenvalue weighted by atomic mass is 16.5. The van der Waals surface area contributed by atoms with Crippen molar-refractivity contribution in [3.63, 3.8) is 0 Å². The van der Waals surface area contributed by atoms with Gasteiger partial charge >= 0.3 is 6.09 Å². The third-order valence-electron chi connectivity index (χ3n) is 2.08. The molecule has 5 heteroatoms. The van der Waals surface area contributed by atoms with E-state index in [1.807, 2.05) is 24.3 Å². The first-order valence-electron chi connectivity index (χ1n) is 5.28. The van der Waals surface area contributed by atoms with E-state index < -0.39 is 6.09 Å². The number of carbonyl (C=O) groups excluding carboxylic acids is 1. The molecule has 5 nitrogen and oxygen atoms in total. The van der Waals surface area contributed by atoms with Crippen LogP contribution in [0.3, 0.4) is 0 Å². The number of amides is 1. The van der Waals surface area contributed by atoms with Crippen molar-refractivity contribution < 1.29 is 14.3 Å². The van der Waals surface area contributed by atoms with Crippen LogP contribution < -0.4 is 10.2 Å². The number of nitrogens with one attached hydrogen (secondary N) is 1. The molecule has 0 heterocycles. The van der Waals surface area contributed by atoms with Gasteiger partial charge in [0, 0.05) is 5.56 Å². The van der Waals surface area contributed by atoms with E-state index in [4.69, 9.17) is 9.47 Å². The number of hydrogen-bond donors (Lipinski definition) is 1. The Morgan fingerprint density at radius 2 is 2.24 bits per heavy atom. The number of hydrogen-bond acceptors (Lipinski definition) is 4. The molecule has 0 aromatic heterocycles. The van der Waals surface area contributed by atoms with Gasteiger partial charge in [-0.25, -0.2) is 10.2 Å². The predicted octanol–water partition coefficient (Wildman–Crippen LogP) is 2.17. The monoisotopic (exact) mass is 236 g/mol. The van der Waals surface area contributed by atoms with Gasteiger partial charge in [-0.1, -0.05) is 12.1 Å². The van der Waals surface area contributed by atoms with Gasteiger partial charge in [0.1, 0.15) is 5.75 Å². The summed E-state index contributed by atoms with van der Waals surface area (Å²) in [6, 6.07) is 7.42. The van der Waals surface area contributed by atoms with Gasteiger partial charge in [0.05, 0.1) is 19.4 Å². The van der Waals surface area contributed by atoms with Crippen LogP contribution in [0.4, 0.5) is 4.79 Å². The van der Waals surface area contributed by atoms with Crippen molar-refractivity contribution in [2.24, 2.45) is 5.10 Å². The lowest BCUT2D eigenvalue weighted by Crippen LogP contribution is -2.20. The predicted molar refractivity (Wildman–Crippen MR) is 65.4 cm³/mol. The molecule has 1 aromatic rings. The third-order valence-corrected chi connectivity index (χ3v) is 2.08. The molecule has 1 rings (SSSR count). The Morgan fingerprint density at radius 1 is 1.47 bits per heavy atom. The second-order valence-corrected chi connectivity index (χ2v) is 3.26. The maximum Gasteiger partial charge on any atom is 0.427 e. The minimum absolute atomic E-state index is 0.319. The highest BCUT2D eigenvalue weighted by Gasteiger charge is 2.01. The molecule has 0 aliphatic rings. The fraction of sp³-hybridized carbons (Fsp3) is 0.333. The van der Waals surface area contributed by atoms with Crippen molar-refractivity contribution in [3.05, 3.63) is 29.8 Å². The van der Waals surface area contributed by atoms with E-state index in [0.717, 1.165) is 11.3 Å². The summed E-state index contributed by atoms with van der Waals surface area (Å²) in [6.07, 6.45) is -0.560. The van der Waals surface area contributed by atoms with Crippen molar-refractivity contribution in [3.8, 4) is 5.75 Å². The summed E-state index contributed by atoms with van der Waals surface area (Å²) in [5, 5.41) is 3.92. The Kier molecular flexibility index (Phi) is 5.00. The van der Waals surface area contributed by atoms with E-state index in [2.05, 4.69) is 10.5 Å². The number of nitrogens with zero attached hydrogens (tertiary/aromatic N) is 1. The van der Waals surface area contributed by atoms with Gasteiger partial charge in [0.25, 0.3) is 0 Å². The molecule has 0 unspecified atom stereocenters. The average molecular weight is 236 g/mol. The maximum absolute atomic E-state index is 11.0. The molecular formula is C12H16N2O3. The van der Waals surface area contributed by atoms with Crippen LogP contribution in [0.2, 0.25) is 0 Å². The second kappa shape index (κ2) is 6.52. The van der Waals surface area contributed by atoms with Gasteiger partial charge in [-0.15, -0.1) is 0 Å². The highest BCUT2D eigenvalue weighted by Crippen LogP contribution is 2.12. The van der Waals surface area contributed by atoms with Gasteiger partial charge in [-0.3, -0.25) is 0 Å². The van der Waals surface area contributed by atoms with Gasteiger partial charge in [-0.05, 0) is 26.0 Å². The Balaban J connectivity index is 2.70. The summed E-state index contributed by atoms with van der Waals surface area (Å²) in [5.74, 6) is 0.744. The molecule has 0 aliphatic heterocycles. The SMILES string of the molecule is CCOC(=O)N/N=C(\C)c1cccc(OC)c1. The van der Waals surface area contributed by atoms with Crippen LogP contribution in [0.15, 0.2) is 29.4 Å². The fourth-order valence-electron chi connectivity index (χ4n) is 1.21. The molecule has 92 valence electrons. The summed E-state index contributed by atoms with van der Waals surface area (Å²) in [7, 11) is 1.60. The standard InChI is InChI=1S/C12H16N2O3/c1-4-17-12(15)14-13-9(2)10-6-5-7-11(8-10)16-3/h5-8H,4H2,1-3H3,(H,14,15)/b13-9+. The van der Waals surface area contributed by atoms with Crippen LogP contribution in [-0.4, -0.2) is 25.5 Å². The first-order valence-corrected chi connectivity index (χ1v) is 5.28. The van der Waals surface area contributed by atoms with Crippen LogP contribution in [0.25, 0.3) is 0 Å². The molecule has 1 N–H and O–H groups in total. The summed E-state index contributed by atoms with van der Waals surface area (Å²) < 4.78 is 9.79. The molecule has 0 saturated heterocycles. The van der Waals surface area contributed by atoms with Crippen molar-refractivity contribution in [1.29, 1.82) is 0 Å². The molecule has 0 radical (unpaired) electrons. The van der Waals surface area contributed by atoms with Crippen LogP contribution in [0.1, 0.15) is 19.4 Å². The minimum Gasteiger partial charge on any atom is -0.497 e. The van der Waals surface area contributed by atoms with Crippen LogP contribution in [0.5, 0.6) is 5.75 Å². The molecule has 0 spiro atoms. The van der Waals surface area contributed by atoms with Gasteiger partial charge in [0.15, 0.2) is 0 Å². The molecular weight excluding hydrogens is 220 g/mol. The zero-order valence-corrected chi connectivity index (χ0v) is 10.2. The lowest BCUT2D eigenvalue weighted by molar-refractivity contribution is 0.152. The normalized spacial score (nSPS) is 10.9. The van der Waals surface area contributed by atoms with Gasteiger partial charge < -0.3 is 9.47 Å². The molecule has 0 atom stereocenters. The first kappa shape index (κ1) is 13.0. The van der Waals surface area contributed by atoms with Gasteiger partial charge in [-0.2, -0.15) is 5.10 Å². The van der Waals surface area contributed by atoms with E-state index in [-0.39, 0.29) is 0 Å². The molecule has 0 bridgehead atoms. The zero-order valence-electron chi connectivity index (χ0n) is 10.2. The number of methoxy groups -OCH3 is 1. The molecule has 0 saturated carbocycles. The van der Waals surface area contributed by atoms with Crippen LogP contribution in [0, 0.1) is 0 Å². The zero-order chi connectivity index (χ0) is 12.7. The lowest BCUT2D eigenvalue weighted by atomic mass is 10.1. The van der Waals surface area contributed by atoms with Crippen molar-refractivity contribution in [2.45, 2.75) is 13.8 Å². The average Bonchev–Trinajstić information content (AvgIpc) is 2.36. The van der Waals surface area contributed by atoms with Crippen molar-refractivity contribution in [1.82, 2.24) is 5.43 Å². The number of carbonyl (C=O) groups is 1. The summed E-state index contributed by atoms with van der Waals surface area (Å²) >= 11 is 0. The number of rotatable bonds is 4. The fourth-order valence-corrected chi connectivity index (χ4v) is 1.21. The summed E-state index contributed by atoms with van der Waals surface area (Å²) in [4.78, 5) is 11.0. The van der Waals surface area contributed by atoms with E-state index in [0.29, 0.717) is 12.3 Å². The van der Waals surface area contributed by atoms with E-state index in [1.54, 1.807) is 21.0 Å². The molecule has 1 amide bonds.